The van der Waals surface area contributed by atoms with Crippen molar-refractivity contribution in [3.05, 3.63) is 34.9 Å². The van der Waals surface area contributed by atoms with Gasteiger partial charge in [0.1, 0.15) is 6.04 Å². The fourth-order valence-electron chi connectivity index (χ4n) is 3.00. The summed E-state index contributed by atoms with van der Waals surface area (Å²) in [5.74, 6) is -0.798. The average Bonchev–Trinajstić information content (AvgIpc) is 2.76. The zero-order valence-electron chi connectivity index (χ0n) is 11.6. The van der Waals surface area contributed by atoms with Crippen LogP contribution in [0.25, 0.3) is 0 Å². The molecule has 2 aliphatic rings. The largest absolute Gasteiger partial charge is 0.322 e. The van der Waals surface area contributed by atoms with E-state index >= 15 is 0 Å². The van der Waals surface area contributed by atoms with Crippen molar-refractivity contribution in [3.63, 3.8) is 0 Å². The van der Waals surface area contributed by atoms with Crippen molar-refractivity contribution in [3.8, 4) is 0 Å². The van der Waals surface area contributed by atoms with Gasteiger partial charge >= 0.3 is 0 Å². The van der Waals surface area contributed by atoms with E-state index in [4.69, 9.17) is 0 Å². The summed E-state index contributed by atoms with van der Waals surface area (Å²) in [7, 11) is 0. The number of hydrogen-bond acceptors (Lipinski definition) is 4. The number of thiol groups is 1. The number of piperidine rings is 1. The summed E-state index contributed by atoms with van der Waals surface area (Å²) in [5.41, 5.74) is 2.59. The second-order valence-electron chi connectivity index (χ2n) is 5.45. The monoisotopic (exact) mass is 304 g/mol. The number of benzene rings is 1. The van der Waals surface area contributed by atoms with Gasteiger partial charge in [-0.3, -0.25) is 19.7 Å². The van der Waals surface area contributed by atoms with Crippen molar-refractivity contribution in [2.75, 3.05) is 0 Å². The summed E-state index contributed by atoms with van der Waals surface area (Å²) < 4.78 is 0. The number of carbonyl (C=O) groups excluding carboxylic acids is 3. The van der Waals surface area contributed by atoms with Crippen LogP contribution in [0.4, 0.5) is 0 Å². The van der Waals surface area contributed by atoms with Crippen LogP contribution < -0.4 is 5.32 Å². The highest BCUT2D eigenvalue weighted by Crippen LogP contribution is 2.33. The van der Waals surface area contributed by atoms with Gasteiger partial charge in [-0.25, -0.2) is 0 Å². The lowest BCUT2D eigenvalue weighted by Crippen LogP contribution is -2.52. The Kier molecular flexibility index (Phi) is 3.49. The molecule has 110 valence electrons. The van der Waals surface area contributed by atoms with E-state index in [1.54, 1.807) is 11.0 Å². The van der Waals surface area contributed by atoms with Crippen LogP contribution in [0.2, 0.25) is 0 Å². The minimum Gasteiger partial charge on any atom is -0.322 e. The van der Waals surface area contributed by atoms with Crippen molar-refractivity contribution < 1.29 is 14.4 Å². The fraction of sp³-hybridized carbons (Fsp3) is 0.400. The molecule has 1 fully saturated rings. The zero-order valence-corrected chi connectivity index (χ0v) is 12.5. The Bertz CT molecular complexity index is 642. The molecule has 2 atom stereocenters. The molecule has 0 bridgehead atoms. The predicted octanol–water partition coefficient (Wildman–Crippen LogP) is 1.44. The van der Waals surface area contributed by atoms with E-state index in [1.165, 1.54) is 0 Å². The summed E-state index contributed by atoms with van der Waals surface area (Å²) >= 11 is 4.45. The van der Waals surface area contributed by atoms with E-state index in [0.29, 0.717) is 18.5 Å². The molecule has 0 radical (unpaired) electrons. The number of rotatable bonds is 2. The first-order chi connectivity index (χ1) is 9.99. The molecule has 1 saturated heterocycles. The van der Waals surface area contributed by atoms with E-state index < -0.39 is 6.04 Å². The van der Waals surface area contributed by atoms with Crippen LogP contribution in [0, 0.1) is 0 Å². The first-order valence-electron chi connectivity index (χ1n) is 6.93. The van der Waals surface area contributed by atoms with Crippen molar-refractivity contribution in [2.45, 2.75) is 37.6 Å². The predicted molar refractivity (Wildman–Crippen MR) is 79.9 cm³/mol. The second kappa shape index (κ2) is 5.18. The lowest BCUT2D eigenvalue weighted by atomic mass is 10.0. The number of nitrogens with zero attached hydrogens (tertiary/aromatic N) is 1. The van der Waals surface area contributed by atoms with Crippen molar-refractivity contribution in [1.29, 1.82) is 0 Å². The van der Waals surface area contributed by atoms with Crippen molar-refractivity contribution in [1.82, 2.24) is 10.2 Å². The molecular formula is C15H16N2O3S. The number of carbonyl (C=O) groups is 3. The van der Waals surface area contributed by atoms with E-state index in [1.807, 2.05) is 19.1 Å². The highest BCUT2D eigenvalue weighted by molar-refractivity contribution is 7.80. The summed E-state index contributed by atoms with van der Waals surface area (Å²) in [4.78, 5) is 37.3. The van der Waals surface area contributed by atoms with Crippen LogP contribution in [0.1, 0.15) is 46.5 Å². The summed E-state index contributed by atoms with van der Waals surface area (Å²) in [6.45, 7) is 2.36. The number of hydrogen-bond donors (Lipinski definition) is 2. The van der Waals surface area contributed by atoms with Crippen molar-refractivity contribution in [2.24, 2.45) is 0 Å². The Morgan fingerprint density at radius 3 is 2.76 bits per heavy atom. The van der Waals surface area contributed by atoms with E-state index in [2.05, 4.69) is 17.9 Å². The molecule has 0 aromatic heterocycles. The van der Waals surface area contributed by atoms with Gasteiger partial charge in [0.05, 0.1) is 0 Å². The zero-order chi connectivity index (χ0) is 15.1. The van der Waals surface area contributed by atoms with Gasteiger partial charge in [-0.15, -0.1) is 0 Å². The van der Waals surface area contributed by atoms with Gasteiger partial charge in [-0.2, -0.15) is 12.6 Å². The highest BCUT2D eigenvalue weighted by Gasteiger charge is 2.39. The molecule has 5 nitrogen and oxygen atoms in total. The topological polar surface area (TPSA) is 66.5 Å². The molecule has 2 heterocycles. The third-order valence-corrected chi connectivity index (χ3v) is 4.35. The van der Waals surface area contributed by atoms with Crippen LogP contribution in [-0.4, -0.2) is 28.7 Å². The fourth-order valence-corrected chi connectivity index (χ4v) is 3.24. The van der Waals surface area contributed by atoms with Crippen LogP contribution in [0.15, 0.2) is 18.2 Å². The van der Waals surface area contributed by atoms with E-state index in [0.717, 1.165) is 11.1 Å². The van der Waals surface area contributed by atoms with E-state index in [9.17, 15) is 14.4 Å². The SMILES string of the molecule is C[C@@H](S)c1cccc2c1CN([C@@H]1CCC(=O)NC1=O)C2=O. The normalized spacial score (nSPS) is 23.0. The second-order valence-corrected chi connectivity index (χ2v) is 6.22. The minimum absolute atomic E-state index is 0.0226. The molecular weight excluding hydrogens is 288 g/mol. The van der Waals surface area contributed by atoms with Gasteiger partial charge in [0, 0.05) is 23.8 Å². The van der Waals surface area contributed by atoms with Crippen LogP contribution >= 0.6 is 12.6 Å². The van der Waals surface area contributed by atoms with Gasteiger partial charge in [0.2, 0.25) is 11.8 Å². The number of imide groups is 1. The standard InChI is InChI=1S/C15H16N2O3S/c1-8(21)9-3-2-4-10-11(9)7-17(15(10)20)12-5-6-13(18)16-14(12)19/h2-4,8,12,21H,5-7H2,1H3,(H,16,18,19)/t8-,12-/m1/s1. The molecule has 6 heteroatoms. The molecule has 3 rings (SSSR count). The third-order valence-electron chi connectivity index (χ3n) is 4.07. The molecule has 0 spiro atoms. The molecule has 1 aromatic rings. The molecule has 2 aliphatic heterocycles. The molecule has 1 aromatic carbocycles. The number of fused-ring (bicyclic) bond motifs is 1. The van der Waals surface area contributed by atoms with Gasteiger partial charge < -0.3 is 4.90 Å². The maximum atomic E-state index is 12.5. The van der Waals surface area contributed by atoms with Gasteiger partial charge in [0.15, 0.2) is 0 Å². The van der Waals surface area contributed by atoms with Crippen molar-refractivity contribution >= 4 is 30.4 Å². The Morgan fingerprint density at radius 1 is 1.33 bits per heavy atom. The van der Waals surface area contributed by atoms with Gasteiger partial charge in [0.25, 0.3) is 5.91 Å². The lowest BCUT2D eigenvalue weighted by molar-refractivity contribution is -0.136. The maximum Gasteiger partial charge on any atom is 0.255 e. The van der Waals surface area contributed by atoms with Crippen LogP contribution in [-0.2, 0) is 16.1 Å². The van der Waals surface area contributed by atoms with Crippen LogP contribution in [0.3, 0.4) is 0 Å². The molecule has 3 amide bonds. The molecule has 0 saturated carbocycles. The first-order valence-corrected chi connectivity index (χ1v) is 7.45. The molecule has 1 N–H and O–H groups in total. The summed E-state index contributed by atoms with van der Waals surface area (Å²) in [6, 6.07) is 5.01. The number of nitrogens with one attached hydrogen (secondary N) is 1. The minimum atomic E-state index is -0.564. The maximum absolute atomic E-state index is 12.5. The Morgan fingerprint density at radius 2 is 2.10 bits per heavy atom. The Balaban J connectivity index is 1.92. The van der Waals surface area contributed by atoms with E-state index in [-0.39, 0.29) is 29.4 Å². The summed E-state index contributed by atoms with van der Waals surface area (Å²) in [6.07, 6.45) is 0.655. The third kappa shape index (κ3) is 2.33. The first kappa shape index (κ1) is 14.1. The highest BCUT2D eigenvalue weighted by atomic mass is 32.1. The number of amides is 3. The Hall–Kier alpha value is -1.82. The quantitative estimate of drug-likeness (QED) is 0.642. The smallest absolute Gasteiger partial charge is 0.255 e. The van der Waals surface area contributed by atoms with Gasteiger partial charge in [-0.1, -0.05) is 12.1 Å². The summed E-state index contributed by atoms with van der Waals surface area (Å²) in [5, 5.41) is 2.33. The molecule has 21 heavy (non-hydrogen) atoms. The molecule has 0 unspecified atom stereocenters. The van der Waals surface area contributed by atoms with Gasteiger partial charge in [-0.05, 0) is 30.5 Å². The molecule has 0 aliphatic carbocycles. The Labute approximate surface area is 128 Å². The average molecular weight is 304 g/mol. The lowest BCUT2D eigenvalue weighted by Gasteiger charge is -2.29. The van der Waals surface area contributed by atoms with Crippen LogP contribution in [0.5, 0.6) is 0 Å².